The second-order valence-electron chi connectivity index (χ2n) is 6.84. The summed E-state index contributed by atoms with van der Waals surface area (Å²) in [7, 11) is 0. The number of hydrogen-bond donors (Lipinski definition) is 1. The van der Waals surface area contributed by atoms with Crippen molar-refractivity contribution >= 4 is 12.4 Å². The molecule has 1 fully saturated rings. The zero-order chi connectivity index (χ0) is 15.7. The van der Waals surface area contributed by atoms with Crippen molar-refractivity contribution in [2.24, 2.45) is 0 Å². The molecule has 1 N–H and O–H groups in total. The molecule has 1 amide bonds. The summed E-state index contributed by atoms with van der Waals surface area (Å²) < 4.78 is 5.22. The highest BCUT2D eigenvalue weighted by Gasteiger charge is 2.31. The smallest absolute Gasteiger partial charge is 0.408 e. The molecule has 1 aromatic carbocycles. The molecule has 1 unspecified atom stereocenters. The topological polar surface area (TPSA) is 55.4 Å². The van der Waals surface area contributed by atoms with Crippen LogP contribution in [0.5, 0.6) is 0 Å². The van der Waals surface area contributed by atoms with Gasteiger partial charge in [0.1, 0.15) is 17.4 Å². The van der Waals surface area contributed by atoms with Gasteiger partial charge in [0.25, 0.3) is 0 Å². The third kappa shape index (κ3) is 4.06. The Balaban J connectivity index is 2.12. The number of carbonyl (C=O) groups is 2. The molecule has 4 heteroatoms. The van der Waals surface area contributed by atoms with Crippen molar-refractivity contribution in [3.63, 3.8) is 0 Å². The van der Waals surface area contributed by atoms with Crippen LogP contribution in [0.25, 0.3) is 0 Å². The Morgan fingerprint density at radius 3 is 2.19 bits per heavy atom. The third-order valence-corrected chi connectivity index (χ3v) is 3.56. The van der Waals surface area contributed by atoms with Crippen molar-refractivity contribution in [2.45, 2.75) is 57.6 Å². The van der Waals surface area contributed by atoms with Gasteiger partial charge in [-0.1, -0.05) is 24.3 Å². The van der Waals surface area contributed by atoms with E-state index in [2.05, 4.69) is 5.32 Å². The van der Waals surface area contributed by atoms with E-state index in [-0.39, 0.29) is 0 Å². The molecule has 114 valence electrons. The van der Waals surface area contributed by atoms with Gasteiger partial charge in [0.15, 0.2) is 0 Å². The zero-order valence-corrected chi connectivity index (χ0v) is 13.1. The quantitative estimate of drug-likeness (QED) is 0.863. The largest absolute Gasteiger partial charge is 0.444 e. The Labute approximate surface area is 125 Å². The van der Waals surface area contributed by atoms with Crippen LogP contribution < -0.4 is 5.32 Å². The number of benzene rings is 1. The lowest BCUT2D eigenvalue weighted by molar-refractivity contribution is -0.113. The van der Waals surface area contributed by atoms with E-state index < -0.39 is 17.2 Å². The van der Waals surface area contributed by atoms with Gasteiger partial charge >= 0.3 is 6.09 Å². The summed E-state index contributed by atoms with van der Waals surface area (Å²) in [4.78, 5) is 23.4. The molecule has 0 radical (unpaired) electrons. The van der Waals surface area contributed by atoms with Gasteiger partial charge in [-0.3, -0.25) is 0 Å². The molecule has 0 spiro atoms. The van der Waals surface area contributed by atoms with Crippen LogP contribution in [0.3, 0.4) is 0 Å². The number of nitrogens with one attached hydrogen (secondary N) is 1. The molecule has 0 bridgehead atoms. The molecule has 2 rings (SSSR count). The molecule has 0 aromatic heterocycles. The van der Waals surface area contributed by atoms with E-state index in [0.29, 0.717) is 5.92 Å². The molecule has 1 atom stereocenters. The zero-order valence-electron chi connectivity index (χ0n) is 13.1. The van der Waals surface area contributed by atoms with Crippen LogP contribution in [0.4, 0.5) is 4.79 Å². The molecule has 0 heterocycles. The fraction of sp³-hybridized carbons (Fsp3) is 0.529. The van der Waals surface area contributed by atoms with Crippen molar-refractivity contribution in [3.8, 4) is 0 Å². The predicted molar refractivity (Wildman–Crippen MR) is 81.2 cm³/mol. The van der Waals surface area contributed by atoms with Crippen LogP contribution in [0, 0.1) is 0 Å². The summed E-state index contributed by atoms with van der Waals surface area (Å²) >= 11 is 0. The van der Waals surface area contributed by atoms with Crippen LogP contribution in [0.15, 0.2) is 24.3 Å². The second kappa shape index (κ2) is 5.51. The summed E-state index contributed by atoms with van der Waals surface area (Å²) in [5.41, 5.74) is 0.380. The van der Waals surface area contributed by atoms with Crippen molar-refractivity contribution in [2.75, 3.05) is 0 Å². The molecule has 4 nitrogen and oxygen atoms in total. The normalized spacial score (nSPS) is 17.7. The predicted octanol–water partition coefficient (Wildman–Crippen LogP) is 3.50. The number of amides is 1. The SMILES string of the molecule is CC(C)(C)OC(=O)NC(C)(C=O)c1ccc(C2CC2)cc1. The van der Waals surface area contributed by atoms with Crippen molar-refractivity contribution in [1.82, 2.24) is 5.32 Å². The molecule has 0 saturated heterocycles. The summed E-state index contributed by atoms with van der Waals surface area (Å²) in [5.74, 6) is 0.667. The van der Waals surface area contributed by atoms with Gasteiger partial charge < -0.3 is 14.8 Å². The minimum absolute atomic E-state index is 0.594. The average molecular weight is 289 g/mol. The molecule has 0 aliphatic heterocycles. The first-order valence-electron chi connectivity index (χ1n) is 7.31. The van der Waals surface area contributed by atoms with E-state index in [4.69, 9.17) is 4.74 Å². The number of hydrogen-bond acceptors (Lipinski definition) is 3. The summed E-state index contributed by atoms with van der Waals surface area (Å²) in [6, 6.07) is 7.87. The van der Waals surface area contributed by atoms with Crippen LogP contribution in [-0.4, -0.2) is 18.0 Å². The first-order valence-corrected chi connectivity index (χ1v) is 7.31. The number of rotatable bonds is 4. The third-order valence-electron chi connectivity index (χ3n) is 3.56. The number of alkyl carbamates (subject to hydrolysis) is 1. The van der Waals surface area contributed by atoms with Crippen molar-refractivity contribution < 1.29 is 14.3 Å². The van der Waals surface area contributed by atoms with E-state index >= 15 is 0 Å². The Morgan fingerprint density at radius 2 is 1.76 bits per heavy atom. The maximum absolute atomic E-state index is 11.9. The highest BCUT2D eigenvalue weighted by Crippen LogP contribution is 2.40. The lowest BCUT2D eigenvalue weighted by Gasteiger charge is -2.28. The van der Waals surface area contributed by atoms with E-state index in [1.54, 1.807) is 27.7 Å². The summed E-state index contributed by atoms with van der Waals surface area (Å²) in [6.07, 6.45) is 2.62. The lowest BCUT2D eigenvalue weighted by atomic mass is 9.92. The highest BCUT2D eigenvalue weighted by molar-refractivity contribution is 5.77. The Bertz CT molecular complexity index is 526. The van der Waals surface area contributed by atoms with Gasteiger partial charge in [0.2, 0.25) is 0 Å². The van der Waals surface area contributed by atoms with Crippen LogP contribution in [0.2, 0.25) is 0 Å². The first-order chi connectivity index (χ1) is 9.73. The Morgan fingerprint density at radius 1 is 1.19 bits per heavy atom. The van der Waals surface area contributed by atoms with Gasteiger partial charge in [0.05, 0.1) is 0 Å². The van der Waals surface area contributed by atoms with Gasteiger partial charge in [-0.15, -0.1) is 0 Å². The number of carbonyl (C=O) groups excluding carboxylic acids is 2. The van der Waals surface area contributed by atoms with Crippen molar-refractivity contribution in [3.05, 3.63) is 35.4 Å². The van der Waals surface area contributed by atoms with Crippen molar-refractivity contribution in [1.29, 1.82) is 0 Å². The minimum Gasteiger partial charge on any atom is -0.444 e. The molecule has 1 aliphatic carbocycles. The van der Waals surface area contributed by atoms with Gasteiger partial charge in [-0.2, -0.15) is 0 Å². The Hall–Kier alpha value is -1.84. The first kappa shape index (κ1) is 15.5. The number of aldehydes is 1. The monoisotopic (exact) mass is 289 g/mol. The number of ether oxygens (including phenoxy) is 1. The van der Waals surface area contributed by atoms with Gasteiger partial charge in [0, 0.05) is 0 Å². The fourth-order valence-corrected chi connectivity index (χ4v) is 2.20. The maximum Gasteiger partial charge on any atom is 0.408 e. The fourth-order valence-electron chi connectivity index (χ4n) is 2.20. The molecule has 1 aliphatic rings. The lowest BCUT2D eigenvalue weighted by Crippen LogP contribution is -2.46. The summed E-state index contributed by atoms with van der Waals surface area (Å²) in [5, 5.41) is 2.65. The standard InChI is InChI=1S/C17H23NO3/c1-16(2,3)21-15(20)18-17(4,11-19)14-9-7-13(8-10-14)12-5-6-12/h7-12H,5-6H2,1-4H3,(H,18,20). The molecular weight excluding hydrogens is 266 g/mol. The minimum atomic E-state index is -1.08. The van der Waals surface area contributed by atoms with E-state index in [0.717, 1.165) is 11.8 Å². The van der Waals surface area contributed by atoms with Gasteiger partial charge in [-0.25, -0.2) is 4.79 Å². The Kier molecular flexibility index (Phi) is 4.08. The van der Waals surface area contributed by atoms with E-state index in [1.807, 2.05) is 24.3 Å². The van der Waals surface area contributed by atoms with Crippen LogP contribution >= 0.6 is 0 Å². The second-order valence-corrected chi connectivity index (χ2v) is 6.84. The molecule has 1 saturated carbocycles. The highest BCUT2D eigenvalue weighted by atomic mass is 16.6. The van der Waals surface area contributed by atoms with Crippen LogP contribution in [0.1, 0.15) is 57.6 Å². The molecule has 21 heavy (non-hydrogen) atoms. The molecule has 1 aromatic rings. The average Bonchev–Trinajstić information content (AvgIpc) is 3.20. The summed E-state index contributed by atoms with van der Waals surface area (Å²) in [6.45, 7) is 7.04. The maximum atomic E-state index is 11.9. The van der Waals surface area contributed by atoms with Crippen LogP contribution in [-0.2, 0) is 15.1 Å². The molecular formula is C17H23NO3. The van der Waals surface area contributed by atoms with Gasteiger partial charge in [-0.05, 0) is 57.6 Å². The van der Waals surface area contributed by atoms with E-state index in [9.17, 15) is 9.59 Å². The van der Waals surface area contributed by atoms with E-state index in [1.165, 1.54) is 18.4 Å².